The molecule has 2 aromatic carbocycles. The van der Waals surface area contributed by atoms with Gasteiger partial charge in [0.05, 0.1) is 23.6 Å². The van der Waals surface area contributed by atoms with Gasteiger partial charge in [-0.25, -0.2) is 4.98 Å². The Balaban J connectivity index is 1.50. The van der Waals surface area contributed by atoms with Crippen LogP contribution in [0.15, 0.2) is 42.5 Å². The zero-order valence-electron chi connectivity index (χ0n) is 17.4. The molecule has 2 N–H and O–H groups in total. The van der Waals surface area contributed by atoms with E-state index in [9.17, 15) is 13.9 Å². The Morgan fingerprint density at radius 3 is 2.69 bits per heavy atom. The van der Waals surface area contributed by atoms with Gasteiger partial charge in [-0.1, -0.05) is 24.3 Å². The van der Waals surface area contributed by atoms with Crippen molar-refractivity contribution < 1.29 is 23.4 Å². The second-order valence-corrected chi connectivity index (χ2v) is 9.20. The standard InChI is InChI=1S/C24H24F2N2O3S/c25-23(26)31-16-8-1-5-14(13-16)17-9-3-10-18(22(17)30-15-6-2-7-15)27-24-28-21-19(29)11-4-12-20(21)32-24/h1,3,5,8-10,13,15,19,23,29H,2,4,6-7,11-12H2,(H,27,28). The predicted molar refractivity (Wildman–Crippen MR) is 120 cm³/mol. The van der Waals surface area contributed by atoms with Gasteiger partial charge < -0.3 is 19.9 Å². The lowest BCUT2D eigenvalue weighted by Crippen LogP contribution is -2.25. The summed E-state index contributed by atoms with van der Waals surface area (Å²) in [6.45, 7) is -2.88. The maximum absolute atomic E-state index is 12.7. The number of ether oxygens (including phenoxy) is 2. The van der Waals surface area contributed by atoms with Crippen LogP contribution >= 0.6 is 11.3 Å². The minimum absolute atomic E-state index is 0.104. The third-order valence-electron chi connectivity index (χ3n) is 5.89. The number of anilines is 2. The highest BCUT2D eigenvalue weighted by Gasteiger charge is 2.25. The number of nitrogens with one attached hydrogen (secondary N) is 1. The Labute approximate surface area is 189 Å². The van der Waals surface area contributed by atoms with E-state index >= 15 is 0 Å². The van der Waals surface area contributed by atoms with Crippen LogP contribution in [0.25, 0.3) is 11.1 Å². The molecule has 2 aliphatic carbocycles. The average molecular weight is 459 g/mol. The Bertz CT molecular complexity index is 1100. The van der Waals surface area contributed by atoms with Gasteiger partial charge in [-0.15, -0.1) is 11.3 Å². The zero-order valence-corrected chi connectivity index (χ0v) is 18.2. The molecule has 32 heavy (non-hydrogen) atoms. The van der Waals surface area contributed by atoms with E-state index in [1.54, 1.807) is 23.5 Å². The molecule has 1 unspecified atom stereocenters. The van der Waals surface area contributed by atoms with E-state index < -0.39 is 12.7 Å². The van der Waals surface area contributed by atoms with Gasteiger partial charge in [0.15, 0.2) is 10.9 Å². The van der Waals surface area contributed by atoms with Gasteiger partial charge >= 0.3 is 6.61 Å². The molecule has 1 aromatic heterocycles. The number of aliphatic hydroxyl groups is 1. The fourth-order valence-electron chi connectivity index (χ4n) is 4.05. The summed E-state index contributed by atoms with van der Waals surface area (Å²) in [5.41, 5.74) is 3.05. The monoisotopic (exact) mass is 458 g/mol. The quantitative estimate of drug-likeness (QED) is 0.426. The second-order valence-electron chi connectivity index (χ2n) is 8.12. The molecule has 0 aliphatic heterocycles. The molecule has 1 fully saturated rings. The summed E-state index contributed by atoms with van der Waals surface area (Å²) in [6, 6.07) is 12.4. The average Bonchev–Trinajstić information content (AvgIpc) is 3.15. The molecule has 0 bridgehead atoms. The third kappa shape index (κ3) is 4.42. The lowest BCUT2D eigenvalue weighted by molar-refractivity contribution is -0.0498. The fourth-order valence-corrected chi connectivity index (χ4v) is 5.12. The van der Waals surface area contributed by atoms with Gasteiger partial charge in [-0.3, -0.25) is 0 Å². The molecule has 2 aliphatic rings. The van der Waals surface area contributed by atoms with E-state index in [0.717, 1.165) is 65.9 Å². The van der Waals surface area contributed by atoms with Crippen LogP contribution in [-0.2, 0) is 6.42 Å². The first kappa shape index (κ1) is 21.2. The van der Waals surface area contributed by atoms with Crippen LogP contribution < -0.4 is 14.8 Å². The van der Waals surface area contributed by atoms with Gasteiger partial charge in [0.1, 0.15) is 5.75 Å². The van der Waals surface area contributed by atoms with Crippen molar-refractivity contribution in [3.8, 4) is 22.6 Å². The Morgan fingerprint density at radius 2 is 1.94 bits per heavy atom. The van der Waals surface area contributed by atoms with Crippen LogP contribution in [0.4, 0.5) is 19.6 Å². The molecule has 5 rings (SSSR count). The van der Waals surface area contributed by atoms with E-state index in [1.165, 1.54) is 6.07 Å². The maximum atomic E-state index is 12.7. The van der Waals surface area contributed by atoms with E-state index in [-0.39, 0.29) is 11.9 Å². The molecule has 0 spiro atoms. The van der Waals surface area contributed by atoms with Crippen molar-refractivity contribution >= 4 is 22.2 Å². The van der Waals surface area contributed by atoms with Crippen LogP contribution in [0, 0.1) is 0 Å². The number of aryl methyl sites for hydroxylation is 1. The number of aromatic nitrogens is 1. The Kier molecular flexibility index (Phi) is 5.97. The molecule has 3 aromatic rings. The molecular weight excluding hydrogens is 434 g/mol. The van der Waals surface area contributed by atoms with Gasteiger partial charge in [0.25, 0.3) is 0 Å². The van der Waals surface area contributed by atoms with Crippen molar-refractivity contribution in [3.63, 3.8) is 0 Å². The summed E-state index contributed by atoms with van der Waals surface area (Å²) in [5, 5.41) is 14.4. The number of hydrogen-bond acceptors (Lipinski definition) is 6. The maximum Gasteiger partial charge on any atom is 0.387 e. The normalized spacial score (nSPS) is 18.2. The predicted octanol–water partition coefficient (Wildman–Crippen LogP) is 6.46. The first-order chi connectivity index (χ1) is 15.6. The third-order valence-corrected chi connectivity index (χ3v) is 6.93. The number of alkyl halides is 2. The number of aliphatic hydroxyl groups excluding tert-OH is 1. The second kappa shape index (κ2) is 9.03. The summed E-state index contributed by atoms with van der Waals surface area (Å²) >= 11 is 1.55. The summed E-state index contributed by atoms with van der Waals surface area (Å²) in [6.07, 6.45) is 5.33. The smallest absolute Gasteiger partial charge is 0.387 e. The highest BCUT2D eigenvalue weighted by molar-refractivity contribution is 7.15. The van der Waals surface area contributed by atoms with Crippen LogP contribution in [0.2, 0.25) is 0 Å². The largest absolute Gasteiger partial charge is 0.488 e. The number of fused-ring (bicyclic) bond motifs is 1. The number of para-hydroxylation sites is 1. The number of benzene rings is 2. The molecule has 0 radical (unpaired) electrons. The summed E-state index contributed by atoms with van der Waals surface area (Å²) in [4.78, 5) is 5.74. The van der Waals surface area contributed by atoms with Gasteiger partial charge in [0.2, 0.25) is 0 Å². The van der Waals surface area contributed by atoms with Gasteiger partial charge in [0, 0.05) is 10.4 Å². The summed E-state index contributed by atoms with van der Waals surface area (Å²) < 4.78 is 36.4. The van der Waals surface area contributed by atoms with Gasteiger partial charge in [-0.05, 0) is 62.3 Å². The number of nitrogens with zero attached hydrogens (tertiary/aromatic N) is 1. The van der Waals surface area contributed by atoms with Crippen molar-refractivity contribution in [1.29, 1.82) is 0 Å². The number of thiazole rings is 1. The molecule has 0 saturated heterocycles. The SMILES string of the molecule is OC1CCCc2sc(Nc3cccc(-c4cccc(OC(F)F)c4)c3OC3CCC3)nc21. The zero-order chi connectivity index (χ0) is 22.1. The molecule has 1 atom stereocenters. The van der Waals surface area contributed by atoms with E-state index in [0.29, 0.717) is 10.9 Å². The Morgan fingerprint density at radius 1 is 1.09 bits per heavy atom. The lowest BCUT2D eigenvalue weighted by Gasteiger charge is -2.29. The first-order valence-electron chi connectivity index (χ1n) is 10.9. The first-order valence-corrected chi connectivity index (χ1v) is 11.7. The van der Waals surface area contributed by atoms with E-state index in [1.807, 2.05) is 24.3 Å². The minimum Gasteiger partial charge on any atom is -0.488 e. The van der Waals surface area contributed by atoms with Crippen LogP contribution in [0.1, 0.15) is 48.8 Å². The number of halogens is 2. The van der Waals surface area contributed by atoms with Crippen LogP contribution in [0.5, 0.6) is 11.5 Å². The van der Waals surface area contributed by atoms with E-state index in [2.05, 4.69) is 15.0 Å². The van der Waals surface area contributed by atoms with Crippen LogP contribution in [0.3, 0.4) is 0 Å². The number of hydrogen-bond donors (Lipinski definition) is 2. The fraction of sp³-hybridized carbons (Fsp3) is 0.375. The van der Waals surface area contributed by atoms with Crippen molar-refractivity contribution in [2.24, 2.45) is 0 Å². The highest BCUT2D eigenvalue weighted by atomic mass is 32.1. The molecule has 5 nitrogen and oxygen atoms in total. The van der Waals surface area contributed by atoms with Crippen molar-refractivity contribution in [2.75, 3.05) is 5.32 Å². The molecule has 1 heterocycles. The van der Waals surface area contributed by atoms with Crippen molar-refractivity contribution in [1.82, 2.24) is 4.98 Å². The van der Waals surface area contributed by atoms with Gasteiger partial charge in [-0.2, -0.15) is 8.78 Å². The Hall–Kier alpha value is -2.71. The van der Waals surface area contributed by atoms with E-state index in [4.69, 9.17) is 4.74 Å². The number of rotatable bonds is 7. The lowest BCUT2D eigenvalue weighted by atomic mass is 9.95. The summed E-state index contributed by atoms with van der Waals surface area (Å²) in [5.74, 6) is 0.771. The van der Waals surface area contributed by atoms with Crippen molar-refractivity contribution in [3.05, 3.63) is 53.0 Å². The minimum atomic E-state index is -2.88. The molecule has 0 amide bonds. The molecule has 8 heteroatoms. The molecule has 1 saturated carbocycles. The molecular formula is C24H24F2N2O3S. The molecule has 168 valence electrons. The van der Waals surface area contributed by atoms with Crippen LogP contribution in [-0.4, -0.2) is 22.8 Å². The topological polar surface area (TPSA) is 63.6 Å². The highest BCUT2D eigenvalue weighted by Crippen LogP contribution is 2.43. The van der Waals surface area contributed by atoms with Crippen molar-refractivity contribution in [2.45, 2.75) is 57.3 Å². The summed E-state index contributed by atoms with van der Waals surface area (Å²) in [7, 11) is 0.